The van der Waals surface area contributed by atoms with Crippen LogP contribution in [0.25, 0.3) is 6.08 Å². The highest BCUT2D eigenvalue weighted by atomic mass is 16.6. The van der Waals surface area contributed by atoms with E-state index in [0.29, 0.717) is 36.3 Å². The van der Waals surface area contributed by atoms with Crippen LogP contribution in [-0.4, -0.2) is 52.4 Å². The van der Waals surface area contributed by atoms with Crippen LogP contribution in [0, 0.1) is 0 Å². The number of carboxylic acids is 1. The van der Waals surface area contributed by atoms with Gasteiger partial charge < -0.3 is 24.8 Å². The molecule has 0 bridgehead atoms. The van der Waals surface area contributed by atoms with Crippen LogP contribution < -0.4 is 10.1 Å². The van der Waals surface area contributed by atoms with E-state index in [1.165, 1.54) is 6.08 Å². The van der Waals surface area contributed by atoms with Gasteiger partial charge >= 0.3 is 12.1 Å². The number of nitrogens with one attached hydrogen (secondary N) is 1. The molecular formula is C20H24N2O6. The summed E-state index contributed by atoms with van der Waals surface area (Å²) in [5.41, 5.74) is -0.704. The Hall–Kier alpha value is -3.03. The number of ether oxygens (including phenoxy) is 2. The van der Waals surface area contributed by atoms with Crippen LogP contribution >= 0.6 is 0 Å². The summed E-state index contributed by atoms with van der Waals surface area (Å²) in [5.74, 6) is -0.984. The molecule has 0 aromatic heterocycles. The van der Waals surface area contributed by atoms with E-state index in [1.54, 1.807) is 43.9 Å². The van der Waals surface area contributed by atoms with Gasteiger partial charge in [-0.3, -0.25) is 4.79 Å². The van der Waals surface area contributed by atoms with Gasteiger partial charge in [-0.15, -0.1) is 0 Å². The van der Waals surface area contributed by atoms with Crippen LogP contribution in [0.15, 0.2) is 24.3 Å². The Balaban J connectivity index is 1.79. The molecule has 3 rings (SSSR count). The summed E-state index contributed by atoms with van der Waals surface area (Å²) in [7, 11) is 0. The summed E-state index contributed by atoms with van der Waals surface area (Å²) in [4.78, 5) is 37.3. The SMILES string of the molecule is CC(C)(C)OC(=O)N1CCCC2(C1)NC(=O)c1cc(/C=C/C(=O)O)ccc1O2. The molecule has 2 aliphatic heterocycles. The fourth-order valence-electron chi connectivity index (χ4n) is 3.29. The third-order valence-corrected chi connectivity index (χ3v) is 4.42. The monoisotopic (exact) mass is 388 g/mol. The second kappa shape index (κ2) is 7.18. The summed E-state index contributed by atoms with van der Waals surface area (Å²) in [6, 6.07) is 4.90. The maximum atomic E-state index is 12.7. The van der Waals surface area contributed by atoms with Crippen molar-refractivity contribution in [2.75, 3.05) is 13.1 Å². The zero-order valence-electron chi connectivity index (χ0n) is 16.2. The number of hydrogen-bond acceptors (Lipinski definition) is 5. The molecule has 1 aromatic rings. The van der Waals surface area contributed by atoms with Gasteiger partial charge in [-0.2, -0.15) is 0 Å². The Morgan fingerprint density at radius 2 is 2.11 bits per heavy atom. The second-order valence-corrected chi connectivity index (χ2v) is 7.98. The molecule has 1 aromatic carbocycles. The van der Waals surface area contributed by atoms with E-state index in [2.05, 4.69) is 5.32 Å². The van der Waals surface area contributed by atoms with E-state index in [4.69, 9.17) is 14.6 Å². The van der Waals surface area contributed by atoms with Gasteiger partial charge in [0.05, 0.1) is 12.1 Å². The summed E-state index contributed by atoms with van der Waals surface area (Å²) in [6.45, 7) is 6.12. The third kappa shape index (κ3) is 4.44. The van der Waals surface area contributed by atoms with Crippen LogP contribution in [-0.2, 0) is 9.53 Å². The zero-order valence-corrected chi connectivity index (χ0v) is 16.2. The Labute approximate surface area is 163 Å². The van der Waals surface area contributed by atoms with E-state index in [1.807, 2.05) is 0 Å². The molecule has 0 radical (unpaired) electrons. The van der Waals surface area contributed by atoms with E-state index in [0.717, 1.165) is 6.08 Å². The highest BCUT2D eigenvalue weighted by Gasteiger charge is 2.45. The van der Waals surface area contributed by atoms with Crippen LogP contribution in [0.1, 0.15) is 49.5 Å². The molecule has 1 saturated heterocycles. The Kier molecular flexibility index (Phi) is 5.06. The minimum absolute atomic E-state index is 0.188. The first-order valence-electron chi connectivity index (χ1n) is 9.11. The molecule has 2 amide bonds. The van der Waals surface area contributed by atoms with Crippen LogP contribution in [0.2, 0.25) is 0 Å². The number of nitrogens with zero attached hydrogens (tertiary/aromatic N) is 1. The minimum Gasteiger partial charge on any atom is -0.478 e. The molecule has 0 aliphatic carbocycles. The molecule has 1 spiro atoms. The Morgan fingerprint density at radius 1 is 1.36 bits per heavy atom. The highest BCUT2D eigenvalue weighted by Crippen LogP contribution is 2.34. The van der Waals surface area contributed by atoms with Gasteiger partial charge in [0.15, 0.2) is 0 Å². The lowest BCUT2D eigenvalue weighted by molar-refractivity contribution is -0.131. The number of likely N-dealkylation sites (tertiary alicyclic amines) is 1. The van der Waals surface area contributed by atoms with Gasteiger partial charge in [-0.25, -0.2) is 9.59 Å². The normalized spacial score (nSPS) is 21.8. The number of hydrogen-bond donors (Lipinski definition) is 2. The summed E-state index contributed by atoms with van der Waals surface area (Å²) in [6.07, 6.45) is 3.20. The van der Waals surface area contributed by atoms with Crippen molar-refractivity contribution in [3.05, 3.63) is 35.4 Å². The summed E-state index contributed by atoms with van der Waals surface area (Å²) < 4.78 is 11.5. The van der Waals surface area contributed by atoms with E-state index < -0.39 is 23.4 Å². The molecule has 1 atom stereocenters. The first kappa shape index (κ1) is 19.7. The Morgan fingerprint density at radius 3 is 2.79 bits per heavy atom. The zero-order chi connectivity index (χ0) is 20.5. The van der Waals surface area contributed by atoms with Crippen molar-refractivity contribution in [3.8, 4) is 5.75 Å². The number of rotatable bonds is 2. The molecule has 0 saturated carbocycles. The number of carboxylic acid groups (broad SMARTS) is 1. The quantitative estimate of drug-likeness (QED) is 0.755. The maximum Gasteiger partial charge on any atom is 0.410 e. The first-order chi connectivity index (χ1) is 13.1. The minimum atomic E-state index is -1.07. The number of carbonyl (C=O) groups is 3. The van der Waals surface area contributed by atoms with E-state index in [-0.39, 0.29) is 12.5 Å². The second-order valence-electron chi connectivity index (χ2n) is 7.98. The molecule has 2 N–H and O–H groups in total. The molecule has 28 heavy (non-hydrogen) atoms. The lowest BCUT2D eigenvalue weighted by Gasteiger charge is -2.45. The van der Waals surface area contributed by atoms with Crippen molar-refractivity contribution in [1.82, 2.24) is 10.2 Å². The van der Waals surface area contributed by atoms with Gasteiger partial charge in [0.2, 0.25) is 5.72 Å². The van der Waals surface area contributed by atoms with Gasteiger partial charge in [0, 0.05) is 19.0 Å². The average molecular weight is 388 g/mol. The topological polar surface area (TPSA) is 105 Å². The van der Waals surface area contributed by atoms with Crippen LogP contribution in [0.5, 0.6) is 5.75 Å². The Bertz CT molecular complexity index is 842. The number of carbonyl (C=O) groups excluding carboxylic acids is 2. The lowest BCUT2D eigenvalue weighted by atomic mass is 9.97. The largest absolute Gasteiger partial charge is 0.478 e. The lowest BCUT2D eigenvalue weighted by Crippen LogP contribution is -2.65. The number of aliphatic carboxylic acids is 1. The molecule has 150 valence electrons. The predicted octanol–water partition coefficient (Wildman–Crippen LogP) is 2.63. The molecule has 1 unspecified atom stereocenters. The van der Waals surface area contributed by atoms with Crippen molar-refractivity contribution < 1.29 is 29.0 Å². The smallest absolute Gasteiger partial charge is 0.410 e. The third-order valence-electron chi connectivity index (χ3n) is 4.42. The maximum absolute atomic E-state index is 12.7. The molecule has 2 aliphatic rings. The molecule has 8 nitrogen and oxygen atoms in total. The fraction of sp³-hybridized carbons (Fsp3) is 0.450. The number of piperidine rings is 1. The van der Waals surface area contributed by atoms with Gasteiger partial charge in [-0.1, -0.05) is 6.07 Å². The summed E-state index contributed by atoms with van der Waals surface area (Å²) in [5, 5.41) is 11.6. The number of fused-ring (bicyclic) bond motifs is 1. The van der Waals surface area contributed by atoms with Gasteiger partial charge in [0.25, 0.3) is 5.91 Å². The molecule has 8 heteroatoms. The van der Waals surface area contributed by atoms with Crippen LogP contribution in [0.4, 0.5) is 4.79 Å². The van der Waals surface area contributed by atoms with Crippen molar-refractivity contribution in [2.45, 2.75) is 44.9 Å². The standard InChI is InChI=1S/C20H24N2O6/c1-19(2,3)28-18(26)22-10-4-9-20(12-22)21-17(25)14-11-13(6-8-16(23)24)5-7-15(14)27-20/h5-8,11H,4,9-10,12H2,1-3H3,(H,21,25)(H,23,24)/b8-6+. The highest BCUT2D eigenvalue weighted by molar-refractivity contribution is 5.99. The van der Waals surface area contributed by atoms with E-state index in [9.17, 15) is 14.4 Å². The molecular weight excluding hydrogens is 364 g/mol. The van der Waals surface area contributed by atoms with Gasteiger partial charge in [0.1, 0.15) is 11.4 Å². The number of amides is 2. The predicted molar refractivity (Wildman–Crippen MR) is 101 cm³/mol. The van der Waals surface area contributed by atoms with Crippen molar-refractivity contribution in [2.24, 2.45) is 0 Å². The number of benzene rings is 1. The van der Waals surface area contributed by atoms with Crippen molar-refractivity contribution in [3.63, 3.8) is 0 Å². The molecule has 1 fully saturated rings. The van der Waals surface area contributed by atoms with E-state index >= 15 is 0 Å². The molecule has 2 heterocycles. The van der Waals surface area contributed by atoms with Gasteiger partial charge in [-0.05, 0) is 51.0 Å². The van der Waals surface area contributed by atoms with Crippen molar-refractivity contribution >= 4 is 24.0 Å². The fourth-order valence-corrected chi connectivity index (χ4v) is 3.29. The summed E-state index contributed by atoms with van der Waals surface area (Å²) >= 11 is 0. The average Bonchev–Trinajstić information content (AvgIpc) is 2.58. The van der Waals surface area contributed by atoms with Crippen LogP contribution in [0.3, 0.4) is 0 Å². The van der Waals surface area contributed by atoms with Crippen molar-refractivity contribution in [1.29, 1.82) is 0 Å². The first-order valence-corrected chi connectivity index (χ1v) is 9.11.